The SMILES string of the molecule is C=CC(=O)C1CCCCNC1=O.N. The first kappa shape index (κ1) is 11.8. The smallest absolute Gasteiger partial charge is 0.230 e. The first-order valence-electron chi connectivity index (χ1n) is 4.19. The van der Waals surface area contributed by atoms with E-state index < -0.39 is 5.92 Å². The Morgan fingerprint density at radius 3 is 2.85 bits per heavy atom. The lowest BCUT2D eigenvalue weighted by Crippen LogP contribution is -2.32. The largest absolute Gasteiger partial charge is 0.355 e. The van der Waals surface area contributed by atoms with E-state index in [9.17, 15) is 9.59 Å². The molecule has 1 saturated heterocycles. The molecule has 1 amide bonds. The van der Waals surface area contributed by atoms with E-state index in [4.69, 9.17) is 0 Å². The second-order valence-electron chi connectivity index (χ2n) is 2.95. The standard InChI is InChI=1S/C9H13NO2.H3N/c1-2-8(11)7-5-3-4-6-10-9(7)12;/h2,7H,1,3-6H2,(H,10,12);1H3. The number of ketones is 1. The molecule has 13 heavy (non-hydrogen) atoms. The summed E-state index contributed by atoms with van der Waals surface area (Å²) in [5.74, 6) is -0.781. The van der Waals surface area contributed by atoms with Crippen LogP contribution >= 0.6 is 0 Å². The van der Waals surface area contributed by atoms with Crippen LogP contribution in [0.15, 0.2) is 12.7 Å². The van der Waals surface area contributed by atoms with Gasteiger partial charge in [0.2, 0.25) is 5.91 Å². The van der Waals surface area contributed by atoms with Gasteiger partial charge in [-0.05, 0) is 18.9 Å². The van der Waals surface area contributed by atoms with E-state index in [1.807, 2.05) is 0 Å². The Bertz CT molecular complexity index is 214. The normalized spacial score (nSPS) is 22.2. The molecule has 0 aromatic heterocycles. The zero-order chi connectivity index (χ0) is 8.97. The van der Waals surface area contributed by atoms with Crippen molar-refractivity contribution in [2.24, 2.45) is 5.92 Å². The van der Waals surface area contributed by atoms with Crippen molar-refractivity contribution in [2.45, 2.75) is 19.3 Å². The van der Waals surface area contributed by atoms with Crippen LogP contribution in [-0.2, 0) is 9.59 Å². The van der Waals surface area contributed by atoms with Gasteiger partial charge in [0.15, 0.2) is 5.78 Å². The molecule has 1 atom stereocenters. The molecule has 0 aromatic carbocycles. The minimum atomic E-state index is -0.481. The van der Waals surface area contributed by atoms with Crippen LogP contribution in [0.25, 0.3) is 0 Å². The van der Waals surface area contributed by atoms with Gasteiger partial charge in [0.05, 0.1) is 0 Å². The van der Waals surface area contributed by atoms with Crippen LogP contribution in [0, 0.1) is 5.92 Å². The lowest BCUT2D eigenvalue weighted by Gasteiger charge is -2.07. The molecule has 0 aromatic rings. The average Bonchev–Trinajstić information content (AvgIpc) is 2.28. The predicted octanol–water partition coefficient (Wildman–Crippen LogP) is 0.820. The van der Waals surface area contributed by atoms with E-state index in [2.05, 4.69) is 11.9 Å². The number of rotatable bonds is 2. The minimum Gasteiger partial charge on any atom is -0.355 e. The van der Waals surface area contributed by atoms with Gasteiger partial charge in [-0.15, -0.1) is 0 Å². The van der Waals surface area contributed by atoms with Gasteiger partial charge in [-0.2, -0.15) is 0 Å². The molecule has 1 rings (SSSR count). The molecule has 1 aliphatic heterocycles. The number of hydrogen-bond acceptors (Lipinski definition) is 3. The summed E-state index contributed by atoms with van der Waals surface area (Å²) in [5, 5.41) is 2.70. The highest BCUT2D eigenvalue weighted by Gasteiger charge is 2.25. The van der Waals surface area contributed by atoms with Crippen molar-refractivity contribution in [1.29, 1.82) is 0 Å². The van der Waals surface area contributed by atoms with Crippen LogP contribution in [0.5, 0.6) is 0 Å². The molecular weight excluding hydrogens is 168 g/mol. The van der Waals surface area contributed by atoms with Crippen molar-refractivity contribution < 1.29 is 9.59 Å². The maximum atomic E-state index is 11.2. The van der Waals surface area contributed by atoms with E-state index in [1.54, 1.807) is 0 Å². The van der Waals surface area contributed by atoms with Crippen molar-refractivity contribution in [3.63, 3.8) is 0 Å². The Hall–Kier alpha value is -1.16. The van der Waals surface area contributed by atoms with Crippen molar-refractivity contribution in [3.05, 3.63) is 12.7 Å². The third-order valence-corrected chi connectivity index (χ3v) is 2.08. The Morgan fingerprint density at radius 2 is 2.23 bits per heavy atom. The molecule has 1 unspecified atom stereocenters. The van der Waals surface area contributed by atoms with Crippen LogP contribution in [0.2, 0.25) is 0 Å². The van der Waals surface area contributed by atoms with E-state index in [0.29, 0.717) is 13.0 Å². The second-order valence-corrected chi connectivity index (χ2v) is 2.95. The molecule has 0 spiro atoms. The van der Waals surface area contributed by atoms with Crippen LogP contribution in [-0.4, -0.2) is 18.2 Å². The van der Waals surface area contributed by atoms with Gasteiger partial charge in [-0.25, -0.2) is 0 Å². The molecule has 4 heteroatoms. The Kier molecular flexibility index (Phi) is 4.99. The topological polar surface area (TPSA) is 81.2 Å². The molecule has 4 nitrogen and oxygen atoms in total. The summed E-state index contributed by atoms with van der Waals surface area (Å²) in [5.41, 5.74) is 0. The zero-order valence-electron chi connectivity index (χ0n) is 7.71. The summed E-state index contributed by atoms with van der Waals surface area (Å²) in [6.07, 6.45) is 3.79. The first-order valence-corrected chi connectivity index (χ1v) is 4.19. The number of allylic oxidation sites excluding steroid dienone is 1. The molecule has 74 valence electrons. The Morgan fingerprint density at radius 1 is 1.54 bits per heavy atom. The summed E-state index contributed by atoms with van der Waals surface area (Å²) in [6.45, 7) is 4.07. The number of amides is 1. The Labute approximate surface area is 78.0 Å². The number of hydrogen-bond donors (Lipinski definition) is 2. The fourth-order valence-corrected chi connectivity index (χ4v) is 1.35. The highest BCUT2D eigenvalue weighted by atomic mass is 16.2. The molecule has 0 aliphatic carbocycles. The first-order chi connectivity index (χ1) is 5.75. The van der Waals surface area contributed by atoms with Gasteiger partial charge in [-0.3, -0.25) is 9.59 Å². The second kappa shape index (κ2) is 5.48. The molecule has 0 saturated carbocycles. The molecular formula is C9H16N2O2. The van der Waals surface area contributed by atoms with E-state index in [-0.39, 0.29) is 17.8 Å². The van der Waals surface area contributed by atoms with Crippen LogP contribution in [0.1, 0.15) is 19.3 Å². The molecule has 1 aliphatic rings. The highest BCUT2D eigenvalue weighted by molar-refractivity contribution is 6.06. The molecule has 4 N–H and O–H groups in total. The molecule has 1 heterocycles. The minimum absolute atomic E-state index is 0. The molecule has 0 bridgehead atoms. The lowest BCUT2D eigenvalue weighted by atomic mass is 9.98. The van der Waals surface area contributed by atoms with Gasteiger partial charge in [0.1, 0.15) is 5.92 Å². The third-order valence-electron chi connectivity index (χ3n) is 2.08. The summed E-state index contributed by atoms with van der Waals surface area (Å²) < 4.78 is 0. The van der Waals surface area contributed by atoms with Crippen molar-refractivity contribution in [2.75, 3.05) is 6.54 Å². The monoisotopic (exact) mass is 184 g/mol. The van der Waals surface area contributed by atoms with Crippen molar-refractivity contribution in [3.8, 4) is 0 Å². The van der Waals surface area contributed by atoms with E-state index in [1.165, 1.54) is 6.08 Å². The lowest BCUT2D eigenvalue weighted by molar-refractivity contribution is -0.131. The van der Waals surface area contributed by atoms with Gasteiger partial charge in [0, 0.05) is 6.54 Å². The quantitative estimate of drug-likeness (QED) is 0.492. The summed E-state index contributed by atoms with van der Waals surface area (Å²) >= 11 is 0. The molecule has 0 radical (unpaired) electrons. The van der Waals surface area contributed by atoms with Gasteiger partial charge in [-0.1, -0.05) is 13.0 Å². The van der Waals surface area contributed by atoms with E-state index >= 15 is 0 Å². The fourth-order valence-electron chi connectivity index (χ4n) is 1.35. The Balaban J connectivity index is 0.00000144. The van der Waals surface area contributed by atoms with Gasteiger partial charge >= 0.3 is 0 Å². The van der Waals surface area contributed by atoms with E-state index in [0.717, 1.165) is 12.8 Å². The highest BCUT2D eigenvalue weighted by Crippen LogP contribution is 2.13. The third kappa shape index (κ3) is 2.99. The maximum Gasteiger partial charge on any atom is 0.230 e. The van der Waals surface area contributed by atoms with Crippen molar-refractivity contribution >= 4 is 11.7 Å². The zero-order valence-corrected chi connectivity index (χ0v) is 7.71. The summed E-state index contributed by atoms with van der Waals surface area (Å²) in [6, 6.07) is 0. The van der Waals surface area contributed by atoms with Crippen LogP contribution in [0.4, 0.5) is 0 Å². The summed E-state index contributed by atoms with van der Waals surface area (Å²) in [4.78, 5) is 22.4. The maximum absolute atomic E-state index is 11.2. The predicted molar refractivity (Wildman–Crippen MR) is 50.6 cm³/mol. The fraction of sp³-hybridized carbons (Fsp3) is 0.556. The van der Waals surface area contributed by atoms with Crippen LogP contribution in [0.3, 0.4) is 0 Å². The molecule has 1 fully saturated rings. The summed E-state index contributed by atoms with van der Waals surface area (Å²) in [7, 11) is 0. The van der Waals surface area contributed by atoms with Gasteiger partial charge in [0.25, 0.3) is 0 Å². The average molecular weight is 184 g/mol. The number of carbonyl (C=O) groups is 2. The number of carbonyl (C=O) groups excluding carboxylic acids is 2. The van der Waals surface area contributed by atoms with Gasteiger partial charge < -0.3 is 11.5 Å². The van der Waals surface area contributed by atoms with Crippen molar-refractivity contribution in [1.82, 2.24) is 11.5 Å². The van der Waals surface area contributed by atoms with Crippen LogP contribution < -0.4 is 11.5 Å². The number of nitrogens with one attached hydrogen (secondary N) is 1.